The summed E-state index contributed by atoms with van der Waals surface area (Å²) in [6.45, 7) is 4.94. The molecule has 0 saturated carbocycles. The van der Waals surface area contributed by atoms with E-state index in [1.807, 2.05) is 0 Å². The van der Waals surface area contributed by atoms with Crippen LogP contribution in [0, 0.1) is 0 Å². The minimum Gasteiger partial charge on any atom is -0.466 e. The summed E-state index contributed by atoms with van der Waals surface area (Å²) in [4.78, 5) is 24.5. The van der Waals surface area contributed by atoms with Crippen molar-refractivity contribution >= 4 is 11.9 Å². The van der Waals surface area contributed by atoms with E-state index in [0.717, 1.165) is 51.4 Å². The van der Waals surface area contributed by atoms with Gasteiger partial charge in [0.25, 0.3) is 0 Å². The number of esters is 1. The van der Waals surface area contributed by atoms with Crippen LogP contribution in [0.4, 0.5) is 0 Å². The van der Waals surface area contributed by atoms with Crippen LogP contribution >= 0.6 is 0 Å². The number of carbonyl (C=O) groups is 2. The molecule has 1 amide bonds. The summed E-state index contributed by atoms with van der Waals surface area (Å²) in [6, 6.07) is -0.536. The fourth-order valence-corrected chi connectivity index (χ4v) is 10.4. The first-order valence-corrected chi connectivity index (χ1v) is 33.1. The fraction of sp³-hybridized carbons (Fsp3) is 0.910. The summed E-state index contributed by atoms with van der Waals surface area (Å²) >= 11 is 0. The SMILES string of the molecule is CCCCCC/C=C\C/C=C\CCCCCCCC(=O)OCCCCCCCCCCCCCCCCCCCCCCCCCCCCCCCCC(=O)NC(CO)C(O)CCCCCCCCCCCC. The van der Waals surface area contributed by atoms with Crippen LogP contribution in [-0.4, -0.2) is 47.4 Å². The van der Waals surface area contributed by atoms with Crippen LogP contribution in [0.25, 0.3) is 0 Å². The number of ether oxygens (including phenoxy) is 1. The van der Waals surface area contributed by atoms with Crippen molar-refractivity contribution in [1.29, 1.82) is 0 Å². The third-order valence-corrected chi connectivity index (χ3v) is 15.5. The third-order valence-electron chi connectivity index (χ3n) is 15.5. The molecule has 0 spiro atoms. The molecule has 2 atom stereocenters. The van der Waals surface area contributed by atoms with Crippen LogP contribution in [0.2, 0.25) is 0 Å². The van der Waals surface area contributed by atoms with Crippen LogP contribution in [0.5, 0.6) is 0 Å². The summed E-state index contributed by atoms with van der Waals surface area (Å²) < 4.78 is 5.49. The lowest BCUT2D eigenvalue weighted by atomic mass is 10.0. The Labute approximate surface area is 456 Å². The quantitative estimate of drug-likeness (QED) is 0.0320. The van der Waals surface area contributed by atoms with Crippen LogP contribution in [0.3, 0.4) is 0 Å². The van der Waals surface area contributed by atoms with Crippen molar-refractivity contribution in [2.75, 3.05) is 13.2 Å². The van der Waals surface area contributed by atoms with Gasteiger partial charge >= 0.3 is 5.97 Å². The van der Waals surface area contributed by atoms with Gasteiger partial charge in [-0.1, -0.05) is 321 Å². The molecule has 0 saturated heterocycles. The second-order valence-corrected chi connectivity index (χ2v) is 22.8. The largest absolute Gasteiger partial charge is 0.466 e. The minimum absolute atomic E-state index is 0.00691. The molecule has 0 aliphatic carbocycles. The minimum atomic E-state index is -0.659. The lowest BCUT2D eigenvalue weighted by Crippen LogP contribution is -2.45. The second-order valence-electron chi connectivity index (χ2n) is 22.8. The molecular weight excluding hydrogens is 899 g/mol. The van der Waals surface area contributed by atoms with E-state index < -0.39 is 12.1 Å². The highest BCUT2D eigenvalue weighted by Crippen LogP contribution is 2.18. The van der Waals surface area contributed by atoms with Gasteiger partial charge in [0.2, 0.25) is 5.91 Å². The van der Waals surface area contributed by atoms with Gasteiger partial charge in [0.15, 0.2) is 0 Å². The van der Waals surface area contributed by atoms with Crippen molar-refractivity contribution in [3.05, 3.63) is 24.3 Å². The van der Waals surface area contributed by atoms with Crippen molar-refractivity contribution in [3.63, 3.8) is 0 Å². The first kappa shape index (κ1) is 71.3. The highest BCUT2D eigenvalue weighted by atomic mass is 16.5. The highest BCUT2D eigenvalue weighted by Gasteiger charge is 2.20. The number of carbonyl (C=O) groups excluding carboxylic acids is 2. The van der Waals surface area contributed by atoms with Gasteiger partial charge < -0.3 is 20.3 Å². The fourth-order valence-electron chi connectivity index (χ4n) is 10.4. The standard InChI is InChI=1S/C67H129NO5/c1-3-5-7-9-11-13-15-16-17-35-38-41-45-49-53-57-61-67(72)73-62-58-54-50-46-42-39-36-33-31-29-27-25-23-21-19-18-20-22-24-26-28-30-32-34-37-40-44-48-52-56-60-66(71)68-64(63-69)65(70)59-55-51-47-43-14-12-10-8-6-4-2/h13,15,17,35,64-65,69-70H,3-12,14,16,18-34,36-63H2,1-2H3,(H,68,71)/b15-13-,35-17-. The average Bonchev–Trinajstić information content (AvgIpc) is 3.39. The van der Waals surface area contributed by atoms with E-state index in [2.05, 4.69) is 43.5 Å². The van der Waals surface area contributed by atoms with E-state index in [0.29, 0.717) is 25.9 Å². The topological polar surface area (TPSA) is 95.9 Å². The van der Waals surface area contributed by atoms with Crippen LogP contribution in [0.1, 0.15) is 367 Å². The van der Waals surface area contributed by atoms with Crippen molar-refractivity contribution in [2.45, 2.75) is 379 Å². The Morgan fingerprint density at radius 2 is 0.685 bits per heavy atom. The zero-order chi connectivity index (χ0) is 52.9. The van der Waals surface area contributed by atoms with Crippen LogP contribution in [-0.2, 0) is 14.3 Å². The Morgan fingerprint density at radius 1 is 0.384 bits per heavy atom. The highest BCUT2D eigenvalue weighted by molar-refractivity contribution is 5.76. The maximum Gasteiger partial charge on any atom is 0.305 e. The van der Waals surface area contributed by atoms with Gasteiger partial charge in [-0.15, -0.1) is 0 Å². The third kappa shape index (κ3) is 59.4. The van der Waals surface area contributed by atoms with Crippen LogP contribution < -0.4 is 5.32 Å². The van der Waals surface area contributed by atoms with Gasteiger partial charge in [0, 0.05) is 12.8 Å². The number of hydrogen-bond donors (Lipinski definition) is 3. The smallest absolute Gasteiger partial charge is 0.305 e. The van der Waals surface area contributed by atoms with E-state index in [4.69, 9.17) is 4.74 Å². The summed E-state index contributed by atoms with van der Waals surface area (Å²) in [5, 5.41) is 23.2. The normalized spacial score (nSPS) is 12.7. The molecule has 0 aliphatic heterocycles. The molecule has 0 heterocycles. The summed E-state index contributed by atoms with van der Waals surface area (Å²) in [7, 11) is 0. The van der Waals surface area contributed by atoms with Gasteiger partial charge in [0.1, 0.15) is 0 Å². The molecule has 3 N–H and O–H groups in total. The van der Waals surface area contributed by atoms with Crippen molar-refractivity contribution in [2.24, 2.45) is 0 Å². The molecule has 6 heteroatoms. The van der Waals surface area contributed by atoms with Crippen molar-refractivity contribution < 1.29 is 24.5 Å². The summed E-state index contributed by atoms with van der Waals surface area (Å²) in [5.41, 5.74) is 0. The number of nitrogens with one attached hydrogen (secondary N) is 1. The number of aliphatic hydroxyl groups excluding tert-OH is 2. The zero-order valence-electron chi connectivity index (χ0n) is 49.4. The first-order valence-electron chi connectivity index (χ1n) is 33.1. The lowest BCUT2D eigenvalue weighted by molar-refractivity contribution is -0.143. The molecule has 0 aromatic carbocycles. The molecule has 0 bridgehead atoms. The Bertz CT molecular complexity index is 1140. The second kappa shape index (κ2) is 62.9. The predicted octanol–water partition coefficient (Wildman–Crippen LogP) is 21.0. The average molecular weight is 1030 g/mol. The Kier molecular flexibility index (Phi) is 61.4. The molecule has 0 aromatic rings. The molecule has 0 radical (unpaired) electrons. The maximum atomic E-state index is 12.4. The van der Waals surface area contributed by atoms with Crippen LogP contribution in [0.15, 0.2) is 24.3 Å². The van der Waals surface area contributed by atoms with Crippen molar-refractivity contribution in [1.82, 2.24) is 5.32 Å². The summed E-state index contributed by atoms with van der Waals surface area (Å²) in [5.74, 6) is -0.0244. The van der Waals surface area contributed by atoms with Crippen molar-refractivity contribution in [3.8, 4) is 0 Å². The predicted molar refractivity (Wildman–Crippen MR) is 320 cm³/mol. The zero-order valence-corrected chi connectivity index (χ0v) is 49.4. The van der Waals surface area contributed by atoms with Gasteiger partial charge in [-0.2, -0.15) is 0 Å². The molecular formula is C67H129NO5. The maximum absolute atomic E-state index is 12.4. The van der Waals surface area contributed by atoms with E-state index in [1.165, 1.54) is 283 Å². The van der Waals surface area contributed by atoms with Gasteiger partial charge in [-0.3, -0.25) is 9.59 Å². The molecule has 6 nitrogen and oxygen atoms in total. The molecule has 0 fully saturated rings. The Balaban J connectivity index is 3.30. The first-order chi connectivity index (χ1) is 36.0. The molecule has 0 aliphatic rings. The molecule has 2 unspecified atom stereocenters. The van der Waals surface area contributed by atoms with Gasteiger partial charge in [-0.05, 0) is 57.8 Å². The number of allylic oxidation sites excluding steroid dienone is 4. The van der Waals surface area contributed by atoms with E-state index >= 15 is 0 Å². The lowest BCUT2D eigenvalue weighted by Gasteiger charge is -2.22. The van der Waals surface area contributed by atoms with Gasteiger partial charge in [0.05, 0.1) is 25.4 Å². The summed E-state index contributed by atoms with van der Waals surface area (Å²) in [6.07, 6.45) is 77.9. The Hall–Kier alpha value is -1.66. The number of rotatable bonds is 62. The number of hydrogen-bond acceptors (Lipinski definition) is 5. The number of unbranched alkanes of at least 4 members (excludes halogenated alkanes) is 47. The van der Waals surface area contributed by atoms with E-state index in [1.54, 1.807) is 0 Å². The molecule has 0 rings (SSSR count). The monoisotopic (exact) mass is 1030 g/mol. The Morgan fingerprint density at radius 3 is 1.05 bits per heavy atom. The van der Waals surface area contributed by atoms with E-state index in [9.17, 15) is 19.8 Å². The van der Waals surface area contributed by atoms with E-state index in [-0.39, 0.29) is 18.5 Å². The molecule has 73 heavy (non-hydrogen) atoms. The molecule has 0 aromatic heterocycles. The van der Waals surface area contributed by atoms with Gasteiger partial charge in [-0.25, -0.2) is 0 Å². The number of aliphatic hydroxyl groups is 2. The number of amides is 1. The molecule has 432 valence electrons.